The van der Waals surface area contributed by atoms with Crippen LogP contribution in [0.1, 0.15) is 0 Å². The minimum atomic E-state index is 1.08. The van der Waals surface area contributed by atoms with Crippen LogP contribution in [-0.4, -0.2) is 4.57 Å². The smallest absolute Gasteiger partial charge is 0.0547 e. The Morgan fingerprint density at radius 1 is 0.258 bits per heavy atom. The van der Waals surface area contributed by atoms with Crippen molar-refractivity contribution in [2.75, 3.05) is 4.90 Å². The predicted octanol–water partition coefficient (Wildman–Crippen LogP) is 16.6. The van der Waals surface area contributed by atoms with E-state index in [1.165, 1.54) is 66.3 Å². The highest BCUT2D eigenvalue weighted by Crippen LogP contribution is 2.48. The minimum absolute atomic E-state index is 1.08. The van der Waals surface area contributed by atoms with Crippen LogP contribution >= 0.6 is 0 Å². The molecule has 0 amide bonds. The fourth-order valence-corrected chi connectivity index (χ4v) is 9.16. The van der Waals surface area contributed by atoms with Crippen LogP contribution in [-0.2, 0) is 0 Å². The molecular formula is C60H42N2. The zero-order chi connectivity index (χ0) is 41.2. The Labute approximate surface area is 362 Å². The third-order valence-electron chi connectivity index (χ3n) is 12.0. The summed E-state index contributed by atoms with van der Waals surface area (Å²) in [5.74, 6) is 0. The normalized spacial score (nSPS) is 11.2. The molecule has 11 aromatic rings. The summed E-state index contributed by atoms with van der Waals surface area (Å²) in [5.41, 5.74) is 18.6. The maximum Gasteiger partial charge on any atom is 0.0547 e. The number of rotatable bonds is 9. The fraction of sp³-hybridized carbons (Fsp3) is 0. The molecule has 1 heterocycles. The molecule has 0 N–H and O–H groups in total. The Balaban J connectivity index is 1.10. The van der Waals surface area contributed by atoms with Crippen LogP contribution in [0.3, 0.4) is 0 Å². The Hall–Kier alpha value is -8.20. The summed E-state index contributed by atoms with van der Waals surface area (Å²) in [7, 11) is 0. The highest BCUT2D eigenvalue weighted by Gasteiger charge is 2.24. The second-order valence-electron chi connectivity index (χ2n) is 15.7. The first kappa shape index (κ1) is 36.8. The van der Waals surface area contributed by atoms with Crippen molar-refractivity contribution in [1.82, 2.24) is 4.57 Å². The number of hydrogen-bond acceptors (Lipinski definition) is 1. The van der Waals surface area contributed by atoms with Gasteiger partial charge in [0.1, 0.15) is 0 Å². The van der Waals surface area contributed by atoms with E-state index >= 15 is 0 Å². The van der Waals surface area contributed by atoms with E-state index < -0.39 is 0 Å². The number of fused-ring (bicyclic) bond motifs is 3. The van der Waals surface area contributed by atoms with Gasteiger partial charge < -0.3 is 9.47 Å². The molecule has 0 aliphatic rings. The van der Waals surface area contributed by atoms with E-state index in [4.69, 9.17) is 0 Å². The number of para-hydroxylation sites is 4. The highest BCUT2D eigenvalue weighted by molar-refractivity contribution is 6.17. The topological polar surface area (TPSA) is 8.17 Å². The summed E-state index contributed by atoms with van der Waals surface area (Å²) in [5, 5.41) is 2.44. The van der Waals surface area contributed by atoms with E-state index in [1.807, 2.05) is 0 Å². The molecule has 0 atom stereocenters. The predicted molar refractivity (Wildman–Crippen MR) is 263 cm³/mol. The Kier molecular flexibility index (Phi) is 9.57. The molecule has 0 aliphatic heterocycles. The van der Waals surface area contributed by atoms with Gasteiger partial charge in [-0.3, -0.25) is 0 Å². The zero-order valence-corrected chi connectivity index (χ0v) is 34.1. The van der Waals surface area contributed by atoms with Crippen LogP contribution in [0, 0.1) is 0 Å². The van der Waals surface area contributed by atoms with Gasteiger partial charge in [-0.1, -0.05) is 212 Å². The van der Waals surface area contributed by atoms with Crippen molar-refractivity contribution in [3.05, 3.63) is 255 Å². The highest BCUT2D eigenvalue weighted by atomic mass is 15.1. The Bertz CT molecular complexity index is 3310. The molecule has 0 aliphatic carbocycles. The maximum atomic E-state index is 2.45. The molecule has 0 unspecified atom stereocenters. The number of hydrogen-bond donors (Lipinski definition) is 0. The first-order valence-corrected chi connectivity index (χ1v) is 21.3. The van der Waals surface area contributed by atoms with Crippen LogP contribution in [0.15, 0.2) is 255 Å². The van der Waals surface area contributed by atoms with Crippen LogP contribution in [0.25, 0.3) is 83.1 Å². The summed E-state index contributed by atoms with van der Waals surface area (Å²) in [6.45, 7) is 0. The molecule has 0 radical (unpaired) electrons. The zero-order valence-electron chi connectivity index (χ0n) is 34.1. The third-order valence-corrected chi connectivity index (χ3v) is 12.0. The first-order chi connectivity index (χ1) is 30.8. The molecule has 0 saturated carbocycles. The van der Waals surface area contributed by atoms with E-state index in [2.05, 4.69) is 264 Å². The molecule has 0 spiro atoms. The van der Waals surface area contributed by atoms with Gasteiger partial charge >= 0.3 is 0 Å². The maximum absolute atomic E-state index is 2.45. The van der Waals surface area contributed by atoms with E-state index in [-0.39, 0.29) is 0 Å². The first-order valence-electron chi connectivity index (χ1n) is 21.3. The van der Waals surface area contributed by atoms with Crippen molar-refractivity contribution in [3.8, 4) is 61.3 Å². The van der Waals surface area contributed by atoms with Crippen LogP contribution in [0.4, 0.5) is 17.1 Å². The molecule has 292 valence electrons. The van der Waals surface area contributed by atoms with Crippen molar-refractivity contribution in [3.63, 3.8) is 0 Å². The van der Waals surface area contributed by atoms with Gasteiger partial charge in [0.05, 0.1) is 28.1 Å². The SMILES string of the molecule is c1ccc(-c2ccc(-c3ccc(N(c4ccccc4-c4ccccc4)c4ccccc4-c4cccc5c4c4ccccc4n5-c4ccccc4-c4ccccc4)cc3)cc2)cc1. The lowest BCUT2D eigenvalue weighted by atomic mass is 9.95. The van der Waals surface area contributed by atoms with Crippen LogP contribution in [0.5, 0.6) is 0 Å². The number of anilines is 3. The van der Waals surface area contributed by atoms with Gasteiger partial charge in [0.25, 0.3) is 0 Å². The molecule has 62 heavy (non-hydrogen) atoms. The van der Waals surface area contributed by atoms with Gasteiger partial charge in [-0.25, -0.2) is 0 Å². The summed E-state index contributed by atoms with van der Waals surface area (Å²) in [4.78, 5) is 2.45. The van der Waals surface area contributed by atoms with E-state index in [0.29, 0.717) is 0 Å². The lowest BCUT2D eigenvalue weighted by molar-refractivity contribution is 1.18. The molecular weight excluding hydrogens is 749 g/mol. The molecule has 1 aromatic heterocycles. The summed E-state index contributed by atoms with van der Waals surface area (Å²) < 4.78 is 2.45. The van der Waals surface area contributed by atoms with Crippen LogP contribution < -0.4 is 4.90 Å². The molecule has 10 aromatic carbocycles. The average Bonchev–Trinajstić information content (AvgIpc) is 3.70. The van der Waals surface area contributed by atoms with Crippen molar-refractivity contribution in [2.45, 2.75) is 0 Å². The second-order valence-corrected chi connectivity index (χ2v) is 15.7. The third kappa shape index (κ3) is 6.65. The average molecular weight is 791 g/mol. The lowest BCUT2D eigenvalue weighted by Crippen LogP contribution is -2.12. The molecule has 2 nitrogen and oxygen atoms in total. The van der Waals surface area contributed by atoms with E-state index in [9.17, 15) is 0 Å². The van der Waals surface area contributed by atoms with Crippen molar-refractivity contribution < 1.29 is 0 Å². The Morgan fingerprint density at radius 2 is 0.677 bits per heavy atom. The van der Waals surface area contributed by atoms with Gasteiger partial charge in [0.2, 0.25) is 0 Å². The van der Waals surface area contributed by atoms with Gasteiger partial charge in [0, 0.05) is 33.2 Å². The van der Waals surface area contributed by atoms with Crippen molar-refractivity contribution in [2.24, 2.45) is 0 Å². The molecule has 0 fully saturated rings. The number of benzene rings is 10. The van der Waals surface area contributed by atoms with Gasteiger partial charge in [-0.05, 0) is 81.4 Å². The van der Waals surface area contributed by atoms with Gasteiger partial charge in [-0.2, -0.15) is 0 Å². The molecule has 0 bridgehead atoms. The van der Waals surface area contributed by atoms with Crippen molar-refractivity contribution in [1.29, 1.82) is 0 Å². The summed E-state index contributed by atoms with van der Waals surface area (Å²) >= 11 is 0. The molecule has 11 rings (SSSR count). The second kappa shape index (κ2) is 16.1. The fourth-order valence-electron chi connectivity index (χ4n) is 9.16. The standard InChI is InChI=1S/C60H42N2/c1-4-19-43(20-5-1)44-35-37-45(38-36-44)46-39-41-49(42-40-46)61(55-30-14-10-25-50(55)47-21-6-2-7-22-47)57-32-16-12-27-52(57)53-29-18-34-59-60(53)54-28-13-17-33-58(54)62(59)56-31-15-11-26-51(56)48-23-8-3-9-24-48/h1-42H. The van der Waals surface area contributed by atoms with Crippen molar-refractivity contribution >= 4 is 38.9 Å². The summed E-state index contributed by atoms with van der Waals surface area (Å²) in [6, 6.07) is 92.0. The van der Waals surface area contributed by atoms with Gasteiger partial charge in [0.15, 0.2) is 0 Å². The van der Waals surface area contributed by atoms with Gasteiger partial charge in [-0.15, -0.1) is 0 Å². The van der Waals surface area contributed by atoms with E-state index in [0.717, 1.165) is 33.9 Å². The Morgan fingerprint density at radius 3 is 1.32 bits per heavy atom. The molecule has 0 saturated heterocycles. The lowest BCUT2D eigenvalue weighted by Gasteiger charge is -2.30. The summed E-state index contributed by atoms with van der Waals surface area (Å²) in [6.07, 6.45) is 0. The largest absolute Gasteiger partial charge is 0.309 e. The molecule has 2 heteroatoms. The van der Waals surface area contributed by atoms with E-state index in [1.54, 1.807) is 0 Å². The minimum Gasteiger partial charge on any atom is -0.309 e. The number of nitrogens with zero attached hydrogens (tertiary/aromatic N) is 2. The number of aromatic nitrogens is 1. The quantitative estimate of drug-likeness (QED) is 0.141. The van der Waals surface area contributed by atoms with Crippen LogP contribution in [0.2, 0.25) is 0 Å². The monoisotopic (exact) mass is 790 g/mol.